The Balaban J connectivity index is 1.41. The number of aryl methyl sites for hydroxylation is 1. The van der Waals surface area contributed by atoms with Crippen LogP contribution < -0.4 is 4.74 Å². The van der Waals surface area contributed by atoms with Crippen molar-refractivity contribution in [1.82, 2.24) is 9.80 Å². The van der Waals surface area contributed by atoms with E-state index in [4.69, 9.17) is 4.74 Å². The van der Waals surface area contributed by atoms with Gasteiger partial charge in [-0.3, -0.25) is 4.79 Å². The number of ether oxygens (including phenoxy) is 1. The topological polar surface area (TPSA) is 32.8 Å². The van der Waals surface area contributed by atoms with Gasteiger partial charge in [-0.2, -0.15) is 0 Å². The minimum atomic E-state index is 0.131. The summed E-state index contributed by atoms with van der Waals surface area (Å²) >= 11 is 0. The highest BCUT2D eigenvalue weighted by molar-refractivity contribution is 5.78. The summed E-state index contributed by atoms with van der Waals surface area (Å²) in [5.41, 5.74) is 1.15. The maximum Gasteiger partial charge on any atom is 0.260 e. The van der Waals surface area contributed by atoms with Gasteiger partial charge in [0.1, 0.15) is 5.75 Å². The number of hydrogen-bond donors (Lipinski definition) is 0. The molecule has 4 nitrogen and oxygen atoms in total. The SMILES string of the molecule is Cc1cccc(OCC(=O)N2CCC(C3CCN(CC(C)C)CC3)C2)c1. The number of hydrogen-bond acceptors (Lipinski definition) is 3. The zero-order valence-electron chi connectivity index (χ0n) is 16.6. The lowest BCUT2D eigenvalue weighted by atomic mass is 9.83. The average molecular weight is 359 g/mol. The summed E-state index contributed by atoms with van der Waals surface area (Å²) in [4.78, 5) is 17.1. The fourth-order valence-corrected chi connectivity index (χ4v) is 4.46. The van der Waals surface area contributed by atoms with Crippen molar-refractivity contribution in [3.63, 3.8) is 0 Å². The van der Waals surface area contributed by atoms with Gasteiger partial charge in [-0.1, -0.05) is 26.0 Å². The Labute approximate surface area is 158 Å². The maximum absolute atomic E-state index is 12.5. The number of amides is 1. The molecule has 4 heteroatoms. The first-order valence-electron chi connectivity index (χ1n) is 10.2. The fraction of sp³-hybridized carbons (Fsp3) is 0.682. The molecule has 0 N–H and O–H groups in total. The first-order chi connectivity index (χ1) is 12.5. The molecule has 1 amide bonds. The summed E-state index contributed by atoms with van der Waals surface area (Å²) in [6.07, 6.45) is 3.74. The van der Waals surface area contributed by atoms with Crippen LogP contribution in [0.25, 0.3) is 0 Å². The van der Waals surface area contributed by atoms with E-state index < -0.39 is 0 Å². The summed E-state index contributed by atoms with van der Waals surface area (Å²) in [6, 6.07) is 7.89. The van der Waals surface area contributed by atoms with Gasteiger partial charge in [0.05, 0.1) is 0 Å². The second-order valence-electron chi connectivity index (χ2n) is 8.53. The number of rotatable bonds is 6. The maximum atomic E-state index is 12.5. The van der Waals surface area contributed by atoms with Gasteiger partial charge in [0.25, 0.3) is 5.91 Å². The summed E-state index contributed by atoms with van der Waals surface area (Å²) in [7, 11) is 0. The highest BCUT2D eigenvalue weighted by Crippen LogP contribution is 2.32. The molecule has 1 aromatic carbocycles. The van der Waals surface area contributed by atoms with Crippen LogP contribution in [0.5, 0.6) is 5.75 Å². The second kappa shape index (κ2) is 8.90. The van der Waals surface area contributed by atoms with Gasteiger partial charge in [0.15, 0.2) is 6.61 Å². The number of nitrogens with zero attached hydrogens (tertiary/aromatic N) is 2. The molecule has 2 fully saturated rings. The predicted molar refractivity (Wildman–Crippen MR) is 105 cm³/mol. The van der Waals surface area contributed by atoms with Gasteiger partial charge >= 0.3 is 0 Å². The van der Waals surface area contributed by atoms with Crippen LogP contribution >= 0.6 is 0 Å². The monoisotopic (exact) mass is 358 g/mol. The Morgan fingerprint density at radius 3 is 2.58 bits per heavy atom. The van der Waals surface area contributed by atoms with E-state index in [0.717, 1.165) is 42.7 Å². The molecule has 2 heterocycles. The van der Waals surface area contributed by atoms with Crippen molar-refractivity contribution in [3.05, 3.63) is 29.8 Å². The first-order valence-corrected chi connectivity index (χ1v) is 10.2. The van der Waals surface area contributed by atoms with Gasteiger partial charge in [0, 0.05) is 19.6 Å². The third-order valence-corrected chi connectivity index (χ3v) is 5.85. The van der Waals surface area contributed by atoms with Crippen molar-refractivity contribution in [2.24, 2.45) is 17.8 Å². The summed E-state index contributed by atoms with van der Waals surface area (Å²) in [5.74, 6) is 3.13. The number of carbonyl (C=O) groups excluding carboxylic acids is 1. The van der Waals surface area contributed by atoms with E-state index in [-0.39, 0.29) is 12.5 Å². The van der Waals surface area contributed by atoms with E-state index in [0.29, 0.717) is 5.92 Å². The first kappa shape index (κ1) is 19.2. The van der Waals surface area contributed by atoms with Crippen LogP contribution in [-0.4, -0.2) is 55.0 Å². The van der Waals surface area contributed by atoms with Crippen molar-refractivity contribution in [1.29, 1.82) is 0 Å². The summed E-state index contributed by atoms with van der Waals surface area (Å²) in [5, 5.41) is 0. The molecule has 1 atom stereocenters. The molecule has 0 saturated carbocycles. The van der Waals surface area contributed by atoms with Crippen molar-refractivity contribution in [2.75, 3.05) is 39.3 Å². The number of carbonyl (C=O) groups is 1. The van der Waals surface area contributed by atoms with Gasteiger partial charge in [-0.15, -0.1) is 0 Å². The Morgan fingerprint density at radius 1 is 1.15 bits per heavy atom. The van der Waals surface area contributed by atoms with Crippen LogP contribution in [0.2, 0.25) is 0 Å². The average Bonchev–Trinajstić information content (AvgIpc) is 3.10. The number of likely N-dealkylation sites (tertiary alicyclic amines) is 2. The third kappa shape index (κ3) is 5.23. The molecule has 144 valence electrons. The molecule has 0 aromatic heterocycles. The molecule has 2 saturated heterocycles. The standard InChI is InChI=1S/C22H34N2O2/c1-17(2)14-23-10-7-19(8-11-23)20-9-12-24(15-20)22(25)16-26-21-6-4-5-18(3)13-21/h4-6,13,17,19-20H,7-12,14-16H2,1-3H3. The van der Waals surface area contributed by atoms with E-state index in [1.807, 2.05) is 36.1 Å². The molecule has 2 aliphatic rings. The zero-order valence-corrected chi connectivity index (χ0v) is 16.6. The molecule has 3 rings (SSSR count). The third-order valence-electron chi connectivity index (χ3n) is 5.85. The molecular formula is C22H34N2O2. The van der Waals surface area contributed by atoms with Crippen LogP contribution in [0.4, 0.5) is 0 Å². The van der Waals surface area contributed by atoms with Crippen LogP contribution in [-0.2, 0) is 4.79 Å². The Kier molecular flexibility index (Phi) is 6.58. The Morgan fingerprint density at radius 2 is 1.88 bits per heavy atom. The molecule has 26 heavy (non-hydrogen) atoms. The molecule has 0 bridgehead atoms. The van der Waals surface area contributed by atoms with Crippen LogP contribution in [0.15, 0.2) is 24.3 Å². The summed E-state index contributed by atoms with van der Waals surface area (Å²) < 4.78 is 5.69. The molecule has 0 aliphatic carbocycles. The van der Waals surface area contributed by atoms with E-state index in [1.54, 1.807) is 0 Å². The van der Waals surface area contributed by atoms with Crippen LogP contribution in [0.3, 0.4) is 0 Å². The van der Waals surface area contributed by atoms with E-state index >= 15 is 0 Å². The lowest BCUT2D eigenvalue weighted by Gasteiger charge is -2.35. The molecular weight excluding hydrogens is 324 g/mol. The number of piperidine rings is 1. The molecule has 2 aliphatic heterocycles. The van der Waals surface area contributed by atoms with E-state index in [9.17, 15) is 4.79 Å². The normalized spacial score (nSPS) is 22.2. The van der Waals surface area contributed by atoms with Gasteiger partial charge < -0.3 is 14.5 Å². The van der Waals surface area contributed by atoms with E-state index in [1.165, 1.54) is 32.5 Å². The van der Waals surface area contributed by atoms with Crippen LogP contribution in [0, 0.1) is 24.7 Å². The van der Waals surface area contributed by atoms with Gasteiger partial charge in [0.2, 0.25) is 0 Å². The quantitative estimate of drug-likeness (QED) is 0.779. The molecule has 0 spiro atoms. The minimum Gasteiger partial charge on any atom is -0.484 e. The predicted octanol–water partition coefficient (Wildman–Crippen LogP) is 3.59. The summed E-state index contributed by atoms with van der Waals surface area (Å²) in [6.45, 7) is 12.3. The fourth-order valence-electron chi connectivity index (χ4n) is 4.46. The van der Waals surface area contributed by atoms with Crippen molar-refractivity contribution in [3.8, 4) is 5.75 Å². The second-order valence-corrected chi connectivity index (χ2v) is 8.53. The highest BCUT2D eigenvalue weighted by Gasteiger charge is 2.33. The largest absolute Gasteiger partial charge is 0.484 e. The lowest BCUT2D eigenvalue weighted by molar-refractivity contribution is -0.132. The smallest absolute Gasteiger partial charge is 0.260 e. The van der Waals surface area contributed by atoms with Crippen LogP contribution in [0.1, 0.15) is 38.7 Å². The lowest BCUT2D eigenvalue weighted by Crippen LogP contribution is -2.39. The Bertz CT molecular complexity index is 594. The van der Waals surface area contributed by atoms with Crippen molar-refractivity contribution in [2.45, 2.75) is 40.0 Å². The van der Waals surface area contributed by atoms with Gasteiger partial charge in [-0.05, 0) is 74.7 Å². The zero-order chi connectivity index (χ0) is 18.5. The molecule has 0 radical (unpaired) electrons. The van der Waals surface area contributed by atoms with Crippen molar-refractivity contribution >= 4 is 5.91 Å². The van der Waals surface area contributed by atoms with Crippen molar-refractivity contribution < 1.29 is 9.53 Å². The van der Waals surface area contributed by atoms with E-state index in [2.05, 4.69) is 18.7 Å². The molecule has 1 aromatic rings. The molecule has 1 unspecified atom stereocenters. The minimum absolute atomic E-state index is 0.131. The highest BCUT2D eigenvalue weighted by atomic mass is 16.5. The number of benzene rings is 1. The van der Waals surface area contributed by atoms with Gasteiger partial charge in [-0.25, -0.2) is 0 Å². The Hall–Kier alpha value is -1.55.